The Bertz CT molecular complexity index is 486. The van der Waals surface area contributed by atoms with Crippen LogP contribution < -0.4 is 5.32 Å². The van der Waals surface area contributed by atoms with E-state index in [1.165, 1.54) is 0 Å². The van der Waals surface area contributed by atoms with Crippen molar-refractivity contribution in [2.24, 2.45) is 0 Å². The molecule has 0 aromatic heterocycles. The van der Waals surface area contributed by atoms with Crippen molar-refractivity contribution in [2.45, 2.75) is 26.7 Å². The number of nitrogens with one attached hydrogen (secondary N) is 1. The monoisotopic (exact) mass is 418 g/mol. The van der Waals surface area contributed by atoms with E-state index in [1.807, 2.05) is 19.9 Å². The normalized spacial score (nSPS) is 10.3. The minimum atomic E-state index is -0.134. The summed E-state index contributed by atoms with van der Waals surface area (Å²) >= 11 is 6.75. The first-order valence-corrected chi connectivity index (χ1v) is 8.58. The van der Waals surface area contributed by atoms with Crippen molar-refractivity contribution in [3.05, 3.63) is 32.7 Å². The Balaban J connectivity index is 2.83. The third-order valence-electron chi connectivity index (χ3n) is 2.80. The maximum absolute atomic E-state index is 12.6. The Labute approximate surface area is 142 Å². The predicted molar refractivity (Wildman–Crippen MR) is 91.3 cm³/mol. The molecule has 4 nitrogen and oxygen atoms in total. The largest absolute Gasteiger partial charge is 0.355 e. The van der Waals surface area contributed by atoms with Crippen molar-refractivity contribution in [1.82, 2.24) is 10.2 Å². The molecule has 0 radical (unpaired) electrons. The zero-order valence-corrected chi connectivity index (χ0v) is 15.5. The Kier molecular flexibility index (Phi) is 7.96. The van der Waals surface area contributed by atoms with Gasteiger partial charge in [0.1, 0.15) is 0 Å². The van der Waals surface area contributed by atoms with Crippen LogP contribution in [-0.4, -0.2) is 36.3 Å². The lowest BCUT2D eigenvalue weighted by Gasteiger charge is -2.22. The fraction of sp³-hybridized carbons (Fsp3) is 0.467. The van der Waals surface area contributed by atoms with Crippen molar-refractivity contribution in [3.8, 4) is 0 Å². The second-order valence-electron chi connectivity index (χ2n) is 4.73. The standard InChI is InChI=1S/C15H20Br2N2O2/c1-3-5-18-14(20)10-19(6-4-2)15(21)11-7-12(16)9-13(17)8-11/h7-9H,3-6,10H2,1-2H3,(H,18,20). The minimum absolute atomic E-state index is 0.0941. The quantitative estimate of drug-likeness (QED) is 0.734. The Morgan fingerprint density at radius 2 is 1.71 bits per heavy atom. The summed E-state index contributed by atoms with van der Waals surface area (Å²) in [6.45, 7) is 5.27. The summed E-state index contributed by atoms with van der Waals surface area (Å²) in [7, 11) is 0. The van der Waals surface area contributed by atoms with Gasteiger partial charge < -0.3 is 10.2 Å². The second-order valence-corrected chi connectivity index (χ2v) is 6.57. The average molecular weight is 420 g/mol. The van der Waals surface area contributed by atoms with Crippen LogP contribution >= 0.6 is 31.9 Å². The topological polar surface area (TPSA) is 49.4 Å². The SMILES string of the molecule is CCCNC(=O)CN(CCC)C(=O)c1cc(Br)cc(Br)c1. The van der Waals surface area contributed by atoms with Gasteiger partial charge in [0.25, 0.3) is 5.91 Å². The third-order valence-corrected chi connectivity index (χ3v) is 3.71. The zero-order valence-electron chi connectivity index (χ0n) is 12.3. The molecule has 0 aliphatic carbocycles. The van der Waals surface area contributed by atoms with E-state index < -0.39 is 0 Å². The molecule has 21 heavy (non-hydrogen) atoms. The molecule has 1 rings (SSSR count). The number of amides is 2. The van der Waals surface area contributed by atoms with E-state index in [1.54, 1.807) is 17.0 Å². The molecular weight excluding hydrogens is 400 g/mol. The molecule has 0 aliphatic heterocycles. The van der Waals surface area contributed by atoms with E-state index in [2.05, 4.69) is 37.2 Å². The van der Waals surface area contributed by atoms with Crippen LogP contribution in [-0.2, 0) is 4.79 Å². The first-order valence-electron chi connectivity index (χ1n) is 7.00. The van der Waals surface area contributed by atoms with Gasteiger partial charge in [-0.3, -0.25) is 9.59 Å². The fourth-order valence-electron chi connectivity index (χ4n) is 1.88. The van der Waals surface area contributed by atoms with Crippen LogP contribution in [0.5, 0.6) is 0 Å². The fourth-order valence-corrected chi connectivity index (χ4v) is 3.17. The smallest absolute Gasteiger partial charge is 0.254 e. The van der Waals surface area contributed by atoms with Crippen molar-refractivity contribution >= 4 is 43.7 Å². The highest BCUT2D eigenvalue weighted by molar-refractivity contribution is 9.11. The Morgan fingerprint density at radius 3 is 2.24 bits per heavy atom. The highest BCUT2D eigenvalue weighted by atomic mass is 79.9. The summed E-state index contributed by atoms with van der Waals surface area (Å²) in [5.41, 5.74) is 0.563. The molecule has 0 heterocycles. The van der Waals surface area contributed by atoms with Gasteiger partial charge in [0.05, 0.1) is 6.54 Å². The van der Waals surface area contributed by atoms with E-state index in [9.17, 15) is 9.59 Å². The summed E-state index contributed by atoms with van der Waals surface area (Å²) in [6, 6.07) is 5.40. The maximum Gasteiger partial charge on any atom is 0.254 e. The lowest BCUT2D eigenvalue weighted by molar-refractivity contribution is -0.121. The molecule has 0 aliphatic rings. The van der Waals surface area contributed by atoms with Crippen molar-refractivity contribution in [2.75, 3.05) is 19.6 Å². The number of nitrogens with zero attached hydrogens (tertiary/aromatic N) is 1. The molecule has 0 saturated heterocycles. The molecular formula is C15H20Br2N2O2. The first kappa shape index (κ1) is 18.2. The van der Waals surface area contributed by atoms with Crippen LogP contribution in [0.3, 0.4) is 0 Å². The number of halogens is 2. The summed E-state index contributed by atoms with van der Waals surface area (Å²) in [5.74, 6) is -0.252. The van der Waals surface area contributed by atoms with Crippen LogP contribution in [0.2, 0.25) is 0 Å². The summed E-state index contributed by atoms with van der Waals surface area (Å²) < 4.78 is 1.65. The molecule has 1 aromatic rings. The lowest BCUT2D eigenvalue weighted by atomic mass is 10.2. The van der Waals surface area contributed by atoms with Crippen LogP contribution in [0.4, 0.5) is 0 Å². The highest BCUT2D eigenvalue weighted by Crippen LogP contribution is 2.21. The van der Waals surface area contributed by atoms with Gasteiger partial charge in [0, 0.05) is 27.6 Å². The van der Waals surface area contributed by atoms with Crippen LogP contribution in [0.1, 0.15) is 37.0 Å². The molecule has 0 bridgehead atoms. The molecule has 0 unspecified atom stereocenters. The minimum Gasteiger partial charge on any atom is -0.355 e. The Morgan fingerprint density at radius 1 is 1.10 bits per heavy atom. The predicted octanol–water partition coefficient (Wildman–Crippen LogP) is 3.59. The number of rotatable bonds is 7. The summed E-state index contributed by atoms with van der Waals surface area (Å²) in [4.78, 5) is 26.0. The van der Waals surface area contributed by atoms with Gasteiger partial charge in [0.2, 0.25) is 5.91 Å². The van der Waals surface area contributed by atoms with E-state index in [-0.39, 0.29) is 18.4 Å². The van der Waals surface area contributed by atoms with E-state index in [0.29, 0.717) is 18.7 Å². The van der Waals surface area contributed by atoms with Gasteiger partial charge >= 0.3 is 0 Å². The van der Waals surface area contributed by atoms with Crippen molar-refractivity contribution in [3.63, 3.8) is 0 Å². The van der Waals surface area contributed by atoms with Gasteiger partial charge in [-0.15, -0.1) is 0 Å². The molecule has 2 amide bonds. The van der Waals surface area contributed by atoms with Crippen molar-refractivity contribution < 1.29 is 9.59 Å². The summed E-state index contributed by atoms with van der Waals surface area (Å²) in [6.07, 6.45) is 1.69. The number of carbonyl (C=O) groups excluding carboxylic acids is 2. The van der Waals surface area contributed by atoms with Crippen LogP contribution in [0.15, 0.2) is 27.1 Å². The van der Waals surface area contributed by atoms with Gasteiger partial charge in [-0.1, -0.05) is 45.7 Å². The van der Waals surface area contributed by atoms with Crippen molar-refractivity contribution in [1.29, 1.82) is 0 Å². The Hall–Kier alpha value is -0.880. The van der Waals surface area contributed by atoms with Gasteiger partial charge in [0.15, 0.2) is 0 Å². The van der Waals surface area contributed by atoms with E-state index >= 15 is 0 Å². The van der Waals surface area contributed by atoms with Crippen LogP contribution in [0.25, 0.3) is 0 Å². The third kappa shape index (κ3) is 6.18. The molecule has 0 spiro atoms. The van der Waals surface area contributed by atoms with Gasteiger partial charge in [-0.05, 0) is 31.0 Å². The van der Waals surface area contributed by atoms with Gasteiger partial charge in [-0.25, -0.2) is 0 Å². The maximum atomic E-state index is 12.6. The second kappa shape index (κ2) is 9.20. The number of hydrogen-bond donors (Lipinski definition) is 1. The van der Waals surface area contributed by atoms with Crippen LogP contribution in [0, 0.1) is 0 Å². The van der Waals surface area contributed by atoms with Gasteiger partial charge in [-0.2, -0.15) is 0 Å². The number of benzene rings is 1. The first-order chi connectivity index (χ1) is 9.97. The van der Waals surface area contributed by atoms with E-state index in [0.717, 1.165) is 21.8 Å². The highest BCUT2D eigenvalue weighted by Gasteiger charge is 2.18. The zero-order chi connectivity index (χ0) is 15.8. The molecule has 0 saturated carbocycles. The number of hydrogen-bond acceptors (Lipinski definition) is 2. The number of carbonyl (C=O) groups is 2. The van der Waals surface area contributed by atoms with E-state index in [4.69, 9.17) is 0 Å². The average Bonchev–Trinajstić information content (AvgIpc) is 2.42. The molecule has 0 fully saturated rings. The molecule has 116 valence electrons. The molecule has 6 heteroatoms. The lowest BCUT2D eigenvalue weighted by Crippen LogP contribution is -2.41. The molecule has 1 aromatic carbocycles. The summed E-state index contributed by atoms with van der Waals surface area (Å²) in [5, 5.41) is 2.80. The molecule has 0 atom stereocenters. The molecule has 1 N–H and O–H groups in total.